The van der Waals surface area contributed by atoms with Crippen molar-refractivity contribution in [3.05, 3.63) is 53.6 Å². The molecular weight excluding hydrogens is 368 g/mol. The number of unbranched alkanes of at least 4 members (excludes halogenated alkanes) is 3. The van der Waals surface area contributed by atoms with Crippen LogP contribution < -0.4 is 4.74 Å². The third kappa shape index (κ3) is 5.85. The first-order chi connectivity index (χ1) is 13.7. The number of hydrogen-bond acceptors (Lipinski definition) is 2. The summed E-state index contributed by atoms with van der Waals surface area (Å²) in [6, 6.07) is 15.7. The minimum atomic E-state index is -0.126. The lowest BCUT2D eigenvalue weighted by Crippen LogP contribution is -2.25. The number of esters is 1. The van der Waals surface area contributed by atoms with Crippen LogP contribution in [0.5, 0.6) is 5.75 Å². The highest BCUT2D eigenvalue weighted by Gasteiger charge is 2.28. The summed E-state index contributed by atoms with van der Waals surface area (Å²) in [6.45, 7) is 2.25. The topological polar surface area (TPSA) is 26.3 Å². The Labute approximate surface area is 174 Å². The Bertz CT molecular complexity index is 748. The van der Waals surface area contributed by atoms with Gasteiger partial charge in [0.05, 0.1) is 10.9 Å². The smallest absolute Gasteiger partial charge is 0.314 e. The van der Waals surface area contributed by atoms with Crippen LogP contribution in [0.2, 0.25) is 5.02 Å². The molecule has 0 amide bonds. The molecule has 0 heterocycles. The Morgan fingerprint density at radius 2 is 1.71 bits per heavy atom. The highest BCUT2D eigenvalue weighted by atomic mass is 35.5. The molecule has 2 nitrogen and oxygen atoms in total. The van der Waals surface area contributed by atoms with Gasteiger partial charge >= 0.3 is 5.97 Å². The first-order valence-corrected chi connectivity index (χ1v) is 11.1. The maximum atomic E-state index is 12.6. The molecule has 28 heavy (non-hydrogen) atoms. The molecule has 1 saturated carbocycles. The van der Waals surface area contributed by atoms with E-state index in [1.807, 2.05) is 48.5 Å². The largest absolute Gasteiger partial charge is 0.425 e. The third-order valence-corrected chi connectivity index (χ3v) is 6.19. The zero-order valence-corrected chi connectivity index (χ0v) is 17.6. The van der Waals surface area contributed by atoms with Crippen molar-refractivity contribution in [2.45, 2.75) is 64.7 Å². The van der Waals surface area contributed by atoms with Crippen LogP contribution in [-0.2, 0) is 4.79 Å². The molecule has 0 bridgehead atoms. The van der Waals surface area contributed by atoms with Gasteiger partial charge in [-0.15, -0.1) is 0 Å². The van der Waals surface area contributed by atoms with Crippen molar-refractivity contribution in [1.29, 1.82) is 0 Å². The number of carbonyl (C=O) groups excluding carboxylic acids is 1. The quantitative estimate of drug-likeness (QED) is 0.259. The zero-order valence-electron chi connectivity index (χ0n) is 16.8. The van der Waals surface area contributed by atoms with E-state index in [-0.39, 0.29) is 11.9 Å². The summed E-state index contributed by atoms with van der Waals surface area (Å²) in [5.41, 5.74) is 2.12. The molecule has 0 spiro atoms. The molecule has 0 unspecified atom stereocenters. The van der Waals surface area contributed by atoms with E-state index in [1.54, 1.807) is 0 Å². The van der Waals surface area contributed by atoms with Crippen LogP contribution in [0, 0.1) is 11.8 Å². The van der Waals surface area contributed by atoms with Gasteiger partial charge in [-0.25, -0.2) is 0 Å². The Hall–Kier alpha value is -1.80. The van der Waals surface area contributed by atoms with Gasteiger partial charge in [0.25, 0.3) is 0 Å². The number of carbonyl (C=O) groups is 1. The van der Waals surface area contributed by atoms with Crippen molar-refractivity contribution in [3.63, 3.8) is 0 Å². The lowest BCUT2D eigenvalue weighted by atomic mass is 9.80. The first-order valence-electron chi connectivity index (χ1n) is 10.7. The summed E-state index contributed by atoms with van der Waals surface area (Å²) < 4.78 is 5.65. The molecule has 0 aromatic heterocycles. The summed E-state index contributed by atoms with van der Waals surface area (Å²) in [4.78, 5) is 12.6. The predicted octanol–water partition coefficient (Wildman–Crippen LogP) is 7.69. The van der Waals surface area contributed by atoms with E-state index >= 15 is 0 Å². The number of ether oxygens (including phenoxy) is 1. The van der Waals surface area contributed by atoms with E-state index in [9.17, 15) is 4.79 Å². The minimum Gasteiger partial charge on any atom is -0.425 e. The molecule has 2 aromatic carbocycles. The van der Waals surface area contributed by atoms with Gasteiger partial charge in [0.2, 0.25) is 0 Å². The van der Waals surface area contributed by atoms with Gasteiger partial charge in [-0.3, -0.25) is 4.79 Å². The summed E-state index contributed by atoms with van der Waals surface area (Å²) in [5, 5.41) is 0.485. The van der Waals surface area contributed by atoms with Crippen LogP contribution in [0.3, 0.4) is 0 Å². The summed E-state index contributed by atoms with van der Waals surface area (Å²) >= 11 is 6.39. The number of hydrogen-bond donors (Lipinski definition) is 0. The SMILES string of the molecule is CCCCCC[C@H]1CC[C@H](C(=O)Oc2ccc(-c3ccccc3)cc2Cl)CC1. The molecule has 0 radical (unpaired) electrons. The zero-order chi connectivity index (χ0) is 19.8. The average Bonchev–Trinajstić information content (AvgIpc) is 2.73. The number of rotatable bonds is 8. The summed E-state index contributed by atoms with van der Waals surface area (Å²) in [7, 11) is 0. The standard InChI is InChI=1S/C25H31ClO2/c1-2-3-4-6-9-19-12-14-21(15-13-19)25(27)28-24-17-16-22(18-23(24)26)20-10-7-5-8-11-20/h5,7-8,10-11,16-19,21H,2-4,6,9,12-15H2,1H3/t19-,21-. The Balaban J connectivity index is 1.50. The molecule has 2 aromatic rings. The number of halogens is 1. The second kappa shape index (κ2) is 10.7. The molecule has 0 saturated heterocycles. The van der Waals surface area contributed by atoms with Gasteiger partial charge in [0.15, 0.2) is 0 Å². The van der Waals surface area contributed by atoms with E-state index in [0.717, 1.165) is 42.7 Å². The van der Waals surface area contributed by atoms with E-state index in [4.69, 9.17) is 16.3 Å². The number of benzene rings is 2. The van der Waals surface area contributed by atoms with E-state index in [2.05, 4.69) is 6.92 Å². The predicted molar refractivity (Wildman–Crippen MR) is 117 cm³/mol. The lowest BCUT2D eigenvalue weighted by Gasteiger charge is -2.27. The molecule has 0 aliphatic heterocycles. The first kappa shape index (κ1) is 20.9. The van der Waals surface area contributed by atoms with Crippen molar-refractivity contribution in [2.75, 3.05) is 0 Å². The highest BCUT2D eigenvalue weighted by molar-refractivity contribution is 6.32. The Kier molecular flexibility index (Phi) is 7.97. The molecule has 1 fully saturated rings. The Morgan fingerprint density at radius 3 is 2.39 bits per heavy atom. The highest BCUT2D eigenvalue weighted by Crippen LogP contribution is 2.35. The second-order valence-corrected chi connectivity index (χ2v) is 8.41. The van der Waals surface area contributed by atoms with Crippen molar-refractivity contribution in [2.24, 2.45) is 11.8 Å². The molecule has 0 atom stereocenters. The normalized spacial score (nSPS) is 19.4. The van der Waals surface area contributed by atoms with Crippen molar-refractivity contribution >= 4 is 17.6 Å². The van der Waals surface area contributed by atoms with Crippen molar-refractivity contribution in [1.82, 2.24) is 0 Å². The van der Waals surface area contributed by atoms with Crippen LogP contribution in [0.1, 0.15) is 64.7 Å². The molecule has 0 N–H and O–H groups in total. The van der Waals surface area contributed by atoms with Crippen LogP contribution in [0.4, 0.5) is 0 Å². The maximum Gasteiger partial charge on any atom is 0.314 e. The fourth-order valence-corrected chi connectivity index (χ4v) is 4.35. The fourth-order valence-electron chi connectivity index (χ4n) is 4.13. The monoisotopic (exact) mass is 398 g/mol. The van der Waals surface area contributed by atoms with Gasteiger partial charge in [0, 0.05) is 0 Å². The van der Waals surface area contributed by atoms with Gasteiger partial charge < -0.3 is 4.74 Å². The van der Waals surface area contributed by atoms with Crippen LogP contribution in [0.25, 0.3) is 11.1 Å². The van der Waals surface area contributed by atoms with Crippen LogP contribution in [0.15, 0.2) is 48.5 Å². The molecule has 1 aliphatic rings. The minimum absolute atomic E-state index is 0.0109. The summed E-state index contributed by atoms with van der Waals surface area (Å²) in [5.74, 6) is 1.14. The Morgan fingerprint density at radius 1 is 0.964 bits per heavy atom. The maximum absolute atomic E-state index is 12.6. The van der Waals surface area contributed by atoms with Crippen molar-refractivity contribution < 1.29 is 9.53 Å². The van der Waals surface area contributed by atoms with Crippen LogP contribution in [-0.4, -0.2) is 5.97 Å². The molecule has 1 aliphatic carbocycles. The molecule has 3 rings (SSSR count). The van der Waals surface area contributed by atoms with E-state index in [0.29, 0.717) is 10.8 Å². The van der Waals surface area contributed by atoms with E-state index in [1.165, 1.54) is 32.1 Å². The van der Waals surface area contributed by atoms with Gasteiger partial charge in [-0.2, -0.15) is 0 Å². The van der Waals surface area contributed by atoms with E-state index < -0.39 is 0 Å². The van der Waals surface area contributed by atoms with Crippen LogP contribution >= 0.6 is 11.6 Å². The molecular formula is C25H31ClO2. The molecule has 150 valence electrons. The lowest BCUT2D eigenvalue weighted by molar-refractivity contribution is -0.140. The second-order valence-electron chi connectivity index (χ2n) is 8.00. The van der Waals surface area contributed by atoms with Gasteiger partial charge in [-0.1, -0.05) is 87.0 Å². The fraction of sp³-hybridized carbons (Fsp3) is 0.480. The third-order valence-electron chi connectivity index (χ3n) is 5.90. The summed E-state index contributed by atoms with van der Waals surface area (Å²) in [6.07, 6.45) is 10.8. The average molecular weight is 399 g/mol. The van der Waals surface area contributed by atoms with Gasteiger partial charge in [-0.05, 0) is 54.9 Å². The molecule has 3 heteroatoms. The van der Waals surface area contributed by atoms with Crippen molar-refractivity contribution in [3.8, 4) is 16.9 Å². The van der Waals surface area contributed by atoms with Gasteiger partial charge in [0.1, 0.15) is 5.75 Å².